The molecule has 3 aliphatic rings. The molecular weight excluding hydrogens is 368 g/mol. The van der Waals surface area contributed by atoms with Crippen molar-refractivity contribution < 1.29 is 19.1 Å². The molecular formula is C23H28N2O4. The number of esters is 1. The Kier molecular flexibility index (Phi) is 5.30. The maximum Gasteiger partial charge on any atom is 0.336 e. The molecule has 0 saturated carbocycles. The number of rotatable bonds is 4. The fraction of sp³-hybridized carbons (Fsp3) is 0.522. The molecule has 4 rings (SSSR count). The number of carbonyl (C=O) groups is 2. The van der Waals surface area contributed by atoms with Crippen molar-refractivity contribution in [2.75, 3.05) is 13.2 Å². The lowest BCUT2D eigenvalue weighted by Crippen LogP contribution is -2.43. The standard InChI is InChI=1S/C23H28N2O4/c1-14-19(22(27)29-13-16-7-5-9-28-16)20(15-6-4-8-24-12-15)21-17(25-14)10-23(2,3)11-18(21)26/h4,6,8,10,12,16,20-21,25H,5,7,9,11,13H2,1-3H3. The topological polar surface area (TPSA) is 77.5 Å². The van der Waals surface area contributed by atoms with E-state index in [0.717, 1.165) is 29.8 Å². The van der Waals surface area contributed by atoms with Crippen LogP contribution in [0.1, 0.15) is 51.5 Å². The second-order valence-electron chi connectivity index (χ2n) is 8.87. The summed E-state index contributed by atoms with van der Waals surface area (Å²) in [6.07, 6.45) is 7.85. The summed E-state index contributed by atoms with van der Waals surface area (Å²) in [4.78, 5) is 30.5. The molecule has 3 unspecified atom stereocenters. The average Bonchev–Trinajstić information content (AvgIpc) is 3.18. The zero-order chi connectivity index (χ0) is 20.6. The minimum absolute atomic E-state index is 0.0409. The van der Waals surface area contributed by atoms with Crippen LogP contribution in [0.5, 0.6) is 0 Å². The van der Waals surface area contributed by atoms with Gasteiger partial charge in [0.15, 0.2) is 0 Å². The van der Waals surface area contributed by atoms with E-state index in [1.165, 1.54) is 0 Å². The lowest BCUT2D eigenvalue weighted by molar-refractivity contribution is -0.143. The molecule has 0 radical (unpaired) electrons. The molecule has 1 aromatic rings. The average molecular weight is 396 g/mol. The zero-order valence-corrected chi connectivity index (χ0v) is 17.2. The summed E-state index contributed by atoms with van der Waals surface area (Å²) in [6.45, 7) is 6.93. The third-order valence-electron chi connectivity index (χ3n) is 5.93. The Morgan fingerprint density at radius 3 is 2.90 bits per heavy atom. The molecule has 1 fully saturated rings. The van der Waals surface area contributed by atoms with Crippen molar-refractivity contribution in [3.05, 3.63) is 53.1 Å². The van der Waals surface area contributed by atoms with Crippen LogP contribution in [-0.2, 0) is 19.1 Å². The Labute approximate surface area is 171 Å². The lowest BCUT2D eigenvalue weighted by atomic mass is 9.66. The highest BCUT2D eigenvalue weighted by Crippen LogP contribution is 2.46. The van der Waals surface area contributed by atoms with Crippen LogP contribution in [0.3, 0.4) is 0 Å². The van der Waals surface area contributed by atoms with Gasteiger partial charge in [-0.05, 0) is 36.8 Å². The van der Waals surface area contributed by atoms with Crippen LogP contribution >= 0.6 is 0 Å². The summed E-state index contributed by atoms with van der Waals surface area (Å²) in [6, 6.07) is 3.76. The summed E-state index contributed by atoms with van der Waals surface area (Å²) < 4.78 is 11.2. The number of aromatic nitrogens is 1. The molecule has 0 bridgehead atoms. The number of ketones is 1. The quantitative estimate of drug-likeness (QED) is 0.787. The fourth-order valence-corrected chi connectivity index (χ4v) is 4.68. The van der Waals surface area contributed by atoms with Crippen LogP contribution in [-0.4, -0.2) is 36.1 Å². The van der Waals surface area contributed by atoms with E-state index in [1.54, 1.807) is 12.4 Å². The molecule has 0 amide bonds. The first-order chi connectivity index (χ1) is 13.9. The largest absolute Gasteiger partial charge is 0.460 e. The highest BCUT2D eigenvalue weighted by atomic mass is 16.6. The van der Waals surface area contributed by atoms with Crippen molar-refractivity contribution in [1.82, 2.24) is 10.3 Å². The Bertz CT molecular complexity index is 866. The van der Waals surface area contributed by atoms with Gasteiger partial charge < -0.3 is 14.8 Å². The summed E-state index contributed by atoms with van der Waals surface area (Å²) >= 11 is 0. The van der Waals surface area contributed by atoms with Crippen molar-refractivity contribution in [3.8, 4) is 0 Å². The maximum atomic E-state index is 13.2. The molecule has 2 aliphatic heterocycles. The molecule has 6 nitrogen and oxygen atoms in total. The summed E-state index contributed by atoms with van der Waals surface area (Å²) in [5.74, 6) is -1.10. The number of hydrogen-bond acceptors (Lipinski definition) is 6. The molecule has 1 N–H and O–H groups in total. The van der Waals surface area contributed by atoms with Crippen LogP contribution < -0.4 is 5.32 Å². The van der Waals surface area contributed by atoms with Gasteiger partial charge in [0.25, 0.3) is 0 Å². The minimum atomic E-state index is -0.429. The van der Waals surface area contributed by atoms with Crippen molar-refractivity contribution in [3.63, 3.8) is 0 Å². The molecule has 1 aliphatic carbocycles. The van der Waals surface area contributed by atoms with Crippen LogP contribution in [0.2, 0.25) is 0 Å². The van der Waals surface area contributed by atoms with Gasteiger partial charge in [0.2, 0.25) is 0 Å². The van der Waals surface area contributed by atoms with Gasteiger partial charge in [-0.1, -0.05) is 26.0 Å². The fourth-order valence-electron chi connectivity index (χ4n) is 4.68. The van der Waals surface area contributed by atoms with Crippen LogP contribution in [0.15, 0.2) is 47.6 Å². The van der Waals surface area contributed by atoms with Gasteiger partial charge in [0.1, 0.15) is 12.4 Å². The van der Waals surface area contributed by atoms with E-state index in [9.17, 15) is 9.59 Å². The summed E-state index contributed by atoms with van der Waals surface area (Å²) in [5, 5.41) is 3.33. The van der Waals surface area contributed by atoms with Crippen LogP contribution in [0.25, 0.3) is 0 Å². The highest BCUT2D eigenvalue weighted by Gasteiger charge is 2.46. The van der Waals surface area contributed by atoms with Crippen molar-refractivity contribution in [2.45, 2.75) is 52.1 Å². The normalized spacial score (nSPS) is 28.4. The van der Waals surface area contributed by atoms with Gasteiger partial charge in [-0.3, -0.25) is 9.78 Å². The Balaban J connectivity index is 1.71. The van der Waals surface area contributed by atoms with Crippen molar-refractivity contribution >= 4 is 11.8 Å². The van der Waals surface area contributed by atoms with E-state index in [-0.39, 0.29) is 23.9 Å². The number of nitrogens with one attached hydrogen (secondary N) is 1. The van der Waals surface area contributed by atoms with E-state index in [4.69, 9.17) is 9.47 Å². The van der Waals surface area contributed by atoms with E-state index in [0.29, 0.717) is 18.6 Å². The first kappa shape index (κ1) is 19.8. The number of pyridine rings is 1. The van der Waals surface area contributed by atoms with Gasteiger partial charge >= 0.3 is 5.97 Å². The predicted molar refractivity (Wildman–Crippen MR) is 108 cm³/mol. The van der Waals surface area contributed by atoms with Crippen molar-refractivity contribution in [2.24, 2.45) is 11.3 Å². The third-order valence-corrected chi connectivity index (χ3v) is 5.93. The molecule has 3 heterocycles. The molecule has 3 atom stereocenters. The zero-order valence-electron chi connectivity index (χ0n) is 17.2. The summed E-state index contributed by atoms with van der Waals surface area (Å²) in [7, 11) is 0. The van der Waals surface area contributed by atoms with E-state index < -0.39 is 17.8 Å². The van der Waals surface area contributed by atoms with Gasteiger partial charge in [0.05, 0.1) is 17.6 Å². The monoisotopic (exact) mass is 396 g/mol. The van der Waals surface area contributed by atoms with Crippen molar-refractivity contribution in [1.29, 1.82) is 0 Å². The molecule has 29 heavy (non-hydrogen) atoms. The number of allylic oxidation sites excluding steroid dienone is 3. The maximum absolute atomic E-state index is 13.2. The predicted octanol–water partition coefficient (Wildman–Crippen LogP) is 3.26. The second-order valence-corrected chi connectivity index (χ2v) is 8.87. The SMILES string of the molecule is CC1=C(C(=O)OCC2CCCO2)C(c2cccnc2)C2C(=O)CC(C)(C)C=C2N1. The summed E-state index contributed by atoms with van der Waals surface area (Å²) in [5.41, 5.74) is 2.73. The highest BCUT2D eigenvalue weighted by molar-refractivity contribution is 5.96. The van der Waals surface area contributed by atoms with Gasteiger partial charge in [-0.2, -0.15) is 0 Å². The number of fused-ring (bicyclic) bond motifs is 1. The van der Waals surface area contributed by atoms with Crippen LogP contribution in [0, 0.1) is 11.3 Å². The number of nitrogens with zero attached hydrogens (tertiary/aromatic N) is 1. The van der Waals surface area contributed by atoms with Crippen LogP contribution in [0.4, 0.5) is 0 Å². The van der Waals surface area contributed by atoms with E-state index in [2.05, 4.69) is 30.2 Å². The van der Waals surface area contributed by atoms with E-state index in [1.807, 2.05) is 19.1 Å². The molecule has 6 heteroatoms. The first-order valence-corrected chi connectivity index (χ1v) is 10.3. The number of Topliss-reactive ketones (excluding diaryl/α,β-unsaturated/α-hetero) is 1. The Morgan fingerprint density at radius 2 is 2.21 bits per heavy atom. The molecule has 154 valence electrons. The minimum Gasteiger partial charge on any atom is -0.460 e. The van der Waals surface area contributed by atoms with Gasteiger partial charge in [0, 0.05) is 42.7 Å². The number of ether oxygens (including phenoxy) is 2. The Morgan fingerprint density at radius 1 is 1.38 bits per heavy atom. The Hall–Kier alpha value is -2.47. The lowest BCUT2D eigenvalue weighted by Gasteiger charge is -2.41. The molecule has 0 spiro atoms. The first-order valence-electron chi connectivity index (χ1n) is 10.3. The number of carbonyl (C=O) groups excluding carboxylic acids is 2. The van der Waals surface area contributed by atoms with E-state index >= 15 is 0 Å². The molecule has 0 aromatic carbocycles. The third kappa shape index (κ3) is 3.99. The second kappa shape index (κ2) is 7.75. The molecule has 1 saturated heterocycles. The van der Waals surface area contributed by atoms with Gasteiger partial charge in [-0.15, -0.1) is 0 Å². The number of hydrogen-bond donors (Lipinski definition) is 1. The smallest absolute Gasteiger partial charge is 0.336 e. The van der Waals surface area contributed by atoms with Gasteiger partial charge in [-0.25, -0.2) is 4.79 Å². The molecule has 1 aromatic heterocycles.